The van der Waals surface area contributed by atoms with Crippen LogP contribution in [0.15, 0.2) is 48.5 Å². The van der Waals surface area contributed by atoms with E-state index in [-0.39, 0.29) is 11.9 Å². The number of ether oxygens (including phenoxy) is 2. The first kappa shape index (κ1) is 20.2. The van der Waals surface area contributed by atoms with Crippen LogP contribution in [0, 0.1) is 0 Å². The third kappa shape index (κ3) is 5.50. The molecule has 1 amide bonds. The van der Waals surface area contributed by atoms with Crippen molar-refractivity contribution in [1.29, 1.82) is 0 Å². The maximum Gasteiger partial charge on any atom is 0.244 e. The number of halogens is 1. The van der Waals surface area contributed by atoms with Gasteiger partial charge in [-0.1, -0.05) is 41.9 Å². The van der Waals surface area contributed by atoms with Crippen molar-refractivity contribution in [3.8, 4) is 11.5 Å². The number of fused-ring (bicyclic) bond motifs is 1. The second-order valence-corrected chi connectivity index (χ2v) is 7.50. The van der Waals surface area contributed by atoms with E-state index in [2.05, 4.69) is 19.4 Å². The monoisotopic (exact) mass is 401 g/mol. The molecule has 0 spiro atoms. The summed E-state index contributed by atoms with van der Waals surface area (Å²) in [6.07, 6.45) is 4.07. The van der Waals surface area contributed by atoms with Gasteiger partial charge in [0, 0.05) is 12.5 Å². The Hall–Kier alpha value is -2.50. The molecule has 0 aliphatic carbocycles. The van der Waals surface area contributed by atoms with Crippen molar-refractivity contribution in [2.75, 3.05) is 33.9 Å². The first-order valence-corrected chi connectivity index (χ1v) is 9.82. The van der Waals surface area contributed by atoms with Gasteiger partial charge in [-0.2, -0.15) is 0 Å². The Morgan fingerprint density at radius 3 is 2.71 bits per heavy atom. The molecule has 0 radical (unpaired) electrons. The molecule has 148 valence electrons. The lowest BCUT2D eigenvalue weighted by atomic mass is 10.1. The molecular formula is C22H26ClN2O3+. The summed E-state index contributed by atoms with van der Waals surface area (Å²) < 4.78 is 11.3. The molecule has 1 heterocycles. The van der Waals surface area contributed by atoms with Crippen LogP contribution in [0.3, 0.4) is 0 Å². The highest BCUT2D eigenvalue weighted by Crippen LogP contribution is 2.38. The smallest absolute Gasteiger partial charge is 0.244 e. The molecule has 0 fully saturated rings. The van der Waals surface area contributed by atoms with Crippen LogP contribution in [0.4, 0.5) is 0 Å². The van der Waals surface area contributed by atoms with E-state index in [4.69, 9.17) is 21.1 Å². The number of carbonyl (C=O) groups excluding carboxylic acids is 1. The lowest BCUT2D eigenvalue weighted by molar-refractivity contribution is -0.860. The van der Waals surface area contributed by atoms with Gasteiger partial charge < -0.3 is 19.7 Å². The van der Waals surface area contributed by atoms with Gasteiger partial charge in [-0.25, -0.2) is 0 Å². The summed E-state index contributed by atoms with van der Waals surface area (Å²) in [5, 5.41) is 3.57. The lowest BCUT2D eigenvalue weighted by Gasteiger charge is -2.20. The van der Waals surface area contributed by atoms with Crippen LogP contribution in [0.25, 0.3) is 6.08 Å². The largest absolute Gasteiger partial charge is 0.489 e. The fraction of sp³-hybridized carbons (Fsp3) is 0.318. The highest BCUT2D eigenvalue weighted by atomic mass is 35.5. The first-order valence-electron chi connectivity index (χ1n) is 9.44. The lowest BCUT2D eigenvalue weighted by Crippen LogP contribution is -3.06. The number of likely N-dealkylation sites (N-methyl/N-ethyl adjacent to an activating group) is 1. The highest BCUT2D eigenvalue weighted by Gasteiger charge is 2.17. The van der Waals surface area contributed by atoms with E-state index in [0.29, 0.717) is 29.7 Å². The van der Waals surface area contributed by atoms with Crippen molar-refractivity contribution in [2.24, 2.45) is 0 Å². The molecule has 1 aliphatic heterocycles. The molecule has 28 heavy (non-hydrogen) atoms. The van der Waals surface area contributed by atoms with Gasteiger partial charge in [-0.15, -0.1) is 0 Å². The molecule has 1 aliphatic rings. The summed E-state index contributed by atoms with van der Waals surface area (Å²) in [6.45, 7) is 1.96. The molecule has 0 bridgehead atoms. The summed E-state index contributed by atoms with van der Waals surface area (Å²) in [5.74, 6) is 1.03. The molecule has 0 unspecified atom stereocenters. The summed E-state index contributed by atoms with van der Waals surface area (Å²) in [6, 6.07) is 13.5. The summed E-state index contributed by atoms with van der Waals surface area (Å²) >= 11 is 6.31. The quantitative estimate of drug-likeness (QED) is 0.731. The van der Waals surface area contributed by atoms with E-state index in [0.717, 1.165) is 24.1 Å². The molecule has 1 atom stereocenters. The Morgan fingerprint density at radius 2 is 1.96 bits per heavy atom. The average Bonchev–Trinajstić information content (AvgIpc) is 2.92. The second kappa shape index (κ2) is 9.62. The van der Waals surface area contributed by atoms with E-state index in [1.165, 1.54) is 11.0 Å². The standard InChI is InChI=1S/C22H25ClN2O3/c1-25(2)15-19(17-7-4-3-5-8-17)24-21(26)10-9-16-13-18(23)22-20(14-16)27-11-6-12-28-22/h3-5,7-10,13-14,19H,6,11-12,15H2,1-2H3,(H,24,26)/p+1/b10-9+/t19-/m0/s1. The Bertz CT molecular complexity index is 837. The molecule has 5 nitrogen and oxygen atoms in total. The molecule has 2 N–H and O–H groups in total. The Kier molecular flexibility index (Phi) is 6.95. The van der Waals surface area contributed by atoms with E-state index in [9.17, 15) is 4.79 Å². The maximum absolute atomic E-state index is 12.5. The van der Waals surface area contributed by atoms with Gasteiger partial charge in [0.2, 0.25) is 5.91 Å². The van der Waals surface area contributed by atoms with Crippen LogP contribution < -0.4 is 19.7 Å². The molecule has 2 aromatic carbocycles. The van der Waals surface area contributed by atoms with Gasteiger partial charge in [0.05, 0.1) is 32.3 Å². The number of nitrogens with one attached hydrogen (secondary N) is 2. The van der Waals surface area contributed by atoms with Crippen LogP contribution in [-0.4, -0.2) is 39.8 Å². The predicted molar refractivity (Wildman–Crippen MR) is 111 cm³/mol. The Morgan fingerprint density at radius 1 is 1.21 bits per heavy atom. The maximum atomic E-state index is 12.5. The van der Waals surface area contributed by atoms with Gasteiger partial charge in [0.25, 0.3) is 0 Å². The van der Waals surface area contributed by atoms with Gasteiger partial charge in [-0.3, -0.25) is 4.79 Å². The van der Waals surface area contributed by atoms with Crippen molar-refractivity contribution in [3.05, 3.63) is 64.7 Å². The molecule has 0 saturated carbocycles. The minimum Gasteiger partial charge on any atom is -0.489 e. The van der Waals surface area contributed by atoms with Crippen molar-refractivity contribution < 1.29 is 19.2 Å². The van der Waals surface area contributed by atoms with E-state index in [1.54, 1.807) is 12.1 Å². The topological polar surface area (TPSA) is 52.0 Å². The number of carbonyl (C=O) groups is 1. The number of amides is 1. The van der Waals surface area contributed by atoms with Crippen molar-refractivity contribution in [3.63, 3.8) is 0 Å². The van der Waals surface area contributed by atoms with Crippen LogP contribution in [-0.2, 0) is 4.79 Å². The molecule has 2 aromatic rings. The van der Waals surface area contributed by atoms with Gasteiger partial charge in [-0.05, 0) is 29.3 Å². The number of hydrogen-bond acceptors (Lipinski definition) is 3. The normalized spacial score (nSPS) is 14.7. The van der Waals surface area contributed by atoms with E-state index >= 15 is 0 Å². The number of hydrogen-bond donors (Lipinski definition) is 2. The third-order valence-electron chi connectivity index (χ3n) is 4.38. The minimum atomic E-state index is -0.154. The van der Waals surface area contributed by atoms with Gasteiger partial charge >= 0.3 is 0 Å². The van der Waals surface area contributed by atoms with Crippen molar-refractivity contribution >= 4 is 23.6 Å². The summed E-state index contributed by atoms with van der Waals surface area (Å²) in [5.41, 5.74) is 1.88. The van der Waals surface area contributed by atoms with Crippen LogP contribution >= 0.6 is 11.6 Å². The highest BCUT2D eigenvalue weighted by molar-refractivity contribution is 6.32. The zero-order chi connectivity index (χ0) is 19.9. The van der Waals surface area contributed by atoms with Crippen molar-refractivity contribution in [2.45, 2.75) is 12.5 Å². The summed E-state index contributed by atoms with van der Waals surface area (Å²) in [7, 11) is 4.13. The second-order valence-electron chi connectivity index (χ2n) is 7.10. The fourth-order valence-corrected chi connectivity index (χ4v) is 3.36. The minimum absolute atomic E-state index is 0.0595. The van der Waals surface area contributed by atoms with Gasteiger partial charge in [0.1, 0.15) is 12.6 Å². The average molecular weight is 402 g/mol. The molecule has 3 rings (SSSR count). The predicted octanol–water partition coefficient (Wildman–Crippen LogP) is 2.52. The van der Waals surface area contributed by atoms with Gasteiger partial charge in [0.15, 0.2) is 11.5 Å². The molecule has 6 heteroatoms. The van der Waals surface area contributed by atoms with Crippen molar-refractivity contribution in [1.82, 2.24) is 5.32 Å². The number of quaternary nitrogens is 1. The van der Waals surface area contributed by atoms with Crippen LogP contribution in [0.5, 0.6) is 11.5 Å². The van der Waals surface area contributed by atoms with Crippen LogP contribution in [0.2, 0.25) is 5.02 Å². The third-order valence-corrected chi connectivity index (χ3v) is 4.66. The van der Waals surface area contributed by atoms with E-state index < -0.39 is 0 Å². The number of rotatable bonds is 6. The number of benzene rings is 2. The zero-order valence-corrected chi connectivity index (χ0v) is 17.0. The first-order chi connectivity index (χ1) is 13.5. The Labute approximate surface area is 170 Å². The fourth-order valence-electron chi connectivity index (χ4n) is 3.08. The molecule has 0 saturated heterocycles. The van der Waals surface area contributed by atoms with E-state index in [1.807, 2.05) is 36.4 Å². The Balaban J connectivity index is 1.72. The SMILES string of the molecule is C[NH+](C)C[C@H](NC(=O)/C=C/c1cc(Cl)c2c(c1)OCCCO2)c1ccccc1. The molecule has 0 aromatic heterocycles. The summed E-state index contributed by atoms with van der Waals surface area (Å²) in [4.78, 5) is 13.8. The molecular weight excluding hydrogens is 376 g/mol. The zero-order valence-electron chi connectivity index (χ0n) is 16.2. The van der Waals surface area contributed by atoms with Crippen LogP contribution in [0.1, 0.15) is 23.6 Å².